The van der Waals surface area contributed by atoms with Crippen molar-refractivity contribution < 1.29 is 44.2 Å². The molecule has 0 radical (unpaired) electrons. The van der Waals surface area contributed by atoms with E-state index in [1.165, 1.54) is 14.2 Å². The number of carbonyl (C=O) groups excluding carboxylic acids is 2. The van der Waals surface area contributed by atoms with Crippen molar-refractivity contribution in [3.63, 3.8) is 0 Å². The predicted molar refractivity (Wildman–Crippen MR) is 82.4 cm³/mol. The van der Waals surface area contributed by atoms with E-state index < -0.39 is 29.2 Å². The second-order valence-electron chi connectivity index (χ2n) is 4.77. The number of phenols is 4. The zero-order valence-electron chi connectivity index (χ0n) is 13.1. The van der Waals surface area contributed by atoms with Crippen LogP contribution in [0.5, 0.6) is 34.5 Å². The van der Waals surface area contributed by atoms with E-state index in [1.807, 2.05) is 0 Å². The number of aromatic hydroxyl groups is 4. The Morgan fingerprint density at radius 2 is 1.12 bits per heavy atom. The Bertz CT molecular complexity index is 793. The first-order valence-electron chi connectivity index (χ1n) is 6.75. The van der Waals surface area contributed by atoms with Gasteiger partial charge in [0.25, 0.3) is 0 Å². The number of benzene rings is 2. The molecule has 2 aromatic rings. The third-order valence-electron chi connectivity index (χ3n) is 3.21. The number of carbonyl (C=O) groups is 2. The molecular weight excluding hydrogens is 336 g/mol. The van der Waals surface area contributed by atoms with Crippen molar-refractivity contribution in [2.24, 2.45) is 0 Å². The lowest BCUT2D eigenvalue weighted by Gasteiger charge is -2.11. The Morgan fingerprint density at radius 3 is 1.52 bits per heavy atom. The molecule has 2 aromatic carbocycles. The van der Waals surface area contributed by atoms with E-state index in [-0.39, 0.29) is 28.4 Å². The average Bonchev–Trinajstić information content (AvgIpc) is 2.59. The molecule has 0 saturated carbocycles. The van der Waals surface area contributed by atoms with Crippen molar-refractivity contribution >= 4 is 11.9 Å². The van der Waals surface area contributed by atoms with Crippen LogP contribution in [0.25, 0.3) is 0 Å². The molecule has 0 aliphatic rings. The van der Waals surface area contributed by atoms with Gasteiger partial charge >= 0.3 is 11.9 Å². The molecule has 0 unspecified atom stereocenters. The third-order valence-corrected chi connectivity index (χ3v) is 3.21. The van der Waals surface area contributed by atoms with Crippen LogP contribution >= 0.6 is 0 Å². The molecule has 0 spiro atoms. The van der Waals surface area contributed by atoms with Crippen molar-refractivity contribution in [3.8, 4) is 34.5 Å². The van der Waals surface area contributed by atoms with Crippen LogP contribution in [0.1, 0.15) is 20.7 Å². The number of rotatable bonds is 4. The van der Waals surface area contributed by atoms with Crippen molar-refractivity contribution in [2.75, 3.05) is 14.2 Å². The zero-order chi connectivity index (χ0) is 18.7. The molecule has 0 aromatic heterocycles. The summed E-state index contributed by atoms with van der Waals surface area (Å²) in [6, 6.07) is 3.92. The van der Waals surface area contributed by atoms with Crippen LogP contribution in [0, 0.1) is 0 Å². The Labute approximate surface area is 141 Å². The molecule has 9 nitrogen and oxygen atoms in total. The molecule has 9 heteroatoms. The van der Waals surface area contributed by atoms with Gasteiger partial charge in [-0.25, -0.2) is 9.59 Å². The first-order chi connectivity index (χ1) is 11.8. The molecule has 0 amide bonds. The number of hydrogen-bond donors (Lipinski definition) is 4. The minimum atomic E-state index is -1.18. The molecule has 132 valence electrons. The zero-order valence-corrected chi connectivity index (χ0v) is 13.1. The van der Waals surface area contributed by atoms with Gasteiger partial charge < -0.3 is 34.6 Å². The fourth-order valence-corrected chi connectivity index (χ4v) is 1.94. The fourth-order valence-electron chi connectivity index (χ4n) is 1.94. The number of methoxy groups -OCH3 is 2. The predicted octanol–water partition coefficient (Wildman–Crippen LogP) is 1.52. The summed E-state index contributed by atoms with van der Waals surface area (Å²) in [6.45, 7) is 0. The molecule has 0 bridgehead atoms. The van der Waals surface area contributed by atoms with Gasteiger partial charge in [-0.1, -0.05) is 0 Å². The average molecular weight is 350 g/mol. The molecule has 0 fully saturated rings. The van der Waals surface area contributed by atoms with Crippen molar-refractivity contribution in [1.29, 1.82) is 0 Å². The normalized spacial score (nSPS) is 10.2. The lowest BCUT2D eigenvalue weighted by molar-refractivity contribution is 0.0396. The standard InChI is InChI=1S/C16H14O9/c1-23-11-5-8(6-12(24-2)14(11)20)16(22)25-15(21)7-3-9(17)13(19)10(18)4-7/h3-6,17-20H,1-2H3. The van der Waals surface area contributed by atoms with E-state index in [0.29, 0.717) is 0 Å². The van der Waals surface area contributed by atoms with Crippen molar-refractivity contribution in [1.82, 2.24) is 0 Å². The Morgan fingerprint density at radius 1 is 0.720 bits per heavy atom. The summed E-state index contributed by atoms with van der Waals surface area (Å²) in [5, 5.41) is 37.8. The largest absolute Gasteiger partial charge is 0.504 e. The van der Waals surface area contributed by atoms with E-state index in [4.69, 9.17) is 9.47 Å². The lowest BCUT2D eigenvalue weighted by atomic mass is 10.1. The quantitative estimate of drug-likeness (QED) is 0.366. The SMILES string of the molecule is COc1cc(C(=O)OC(=O)c2cc(O)c(O)c(O)c2)cc(OC)c1O. The third kappa shape index (κ3) is 3.50. The lowest BCUT2D eigenvalue weighted by Crippen LogP contribution is -2.13. The van der Waals surface area contributed by atoms with E-state index in [2.05, 4.69) is 4.74 Å². The van der Waals surface area contributed by atoms with E-state index in [0.717, 1.165) is 24.3 Å². The van der Waals surface area contributed by atoms with Gasteiger partial charge in [-0.3, -0.25) is 0 Å². The van der Waals surface area contributed by atoms with Crippen LogP contribution in [0.15, 0.2) is 24.3 Å². The van der Waals surface area contributed by atoms with Gasteiger partial charge in [0.15, 0.2) is 28.7 Å². The second kappa shape index (κ2) is 6.87. The van der Waals surface area contributed by atoms with Gasteiger partial charge in [0.1, 0.15) is 0 Å². The summed E-state index contributed by atoms with van der Waals surface area (Å²) in [4.78, 5) is 24.1. The van der Waals surface area contributed by atoms with Gasteiger partial charge in [0.2, 0.25) is 5.75 Å². The van der Waals surface area contributed by atoms with E-state index in [9.17, 15) is 30.0 Å². The summed E-state index contributed by atoms with van der Waals surface area (Å²) >= 11 is 0. The summed E-state index contributed by atoms with van der Waals surface area (Å²) < 4.78 is 14.4. The maximum Gasteiger partial charge on any atom is 0.346 e. The molecule has 25 heavy (non-hydrogen) atoms. The van der Waals surface area contributed by atoms with Gasteiger partial charge in [0, 0.05) is 0 Å². The second-order valence-corrected chi connectivity index (χ2v) is 4.77. The molecule has 0 atom stereocenters. The highest BCUT2D eigenvalue weighted by atomic mass is 16.6. The summed E-state index contributed by atoms with van der Waals surface area (Å²) in [5.41, 5.74) is -0.508. The van der Waals surface area contributed by atoms with Crippen molar-refractivity contribution in [3.05, 3.63) is 35.4 Å². The summed E-state index contributed by atoms with van der Waals surface area (Å²) in [7, 11) is 2.52. The topological polar surface area (TPSA) is 143 Å². The van der Waals surface area contributed by atoms with Crippen LogP contribution in [-0.4, -0.2) is 46.6 Å². The first-order valence-corrected chi connectivity index (χ1v) is 6.75. The maximum absolute atomic E-state index is 12.1. The molecular formula is C16H14O9. The van der Waals surface area contributed by atoms with Crippen LogP contribution in [0.4, 0.5) is 0 Å². The monoisotopic (exact) mass is 350 g/mol. The highest BCUT2D eigenvalue weighted by molar-refractivity contribution is 6.03. The smallest absolute Gasteiger partial charge is 0.346 e. The Hall–Kier alpha value is -3.62. The summed E-state index contributed by atoms with van der Waals surface area (Å²) in [6.07, 6.45) is 0. The molecule has 0 aliphatic heterocycles. The Kier molecular flexibility index (Phi) is 4.87. The number of hydrogen-bond acceptors (Lipinski definition) is 9. The Balaban J connectivity index is 2.29. The number of ether oxygens (including phenoxy) is 3. The van der Waals surface area contributed by atoms with Gasteiger partial charge in [-0.15, -0.1) is 0 Å². The molecule has 0 aliphatic carbocycles. The molecule has 0 saturated heterocycles. The highest BCUT2D eigenvalue weighted by Crippen LogP contribution is 2.38. The number of phenolic OH excluding ortho intramolecular Hbond substituents is 4. The van der Waals surface area contributed by atoms with Crippen molar-refractivity contribution in [2.45, 2.75) is 0 Å². The van der Waals surface area contributed by atoms with Crippen LogP contribution in [0.3, 0.4) is 0 Å². The fraction of sp³-hybridized carbons (Fsp3) is 0.125. The highest BCUT2D eigenvalue weighted by Gasteiger charge is 2.21. The van der Waals surface area contributed by atoms with Crippen LogP contribution in [0.2, 0.25) is 0 Å². The number of esters is 2. The van der Waals surface area contributed by atoms with Gasteiger partial charge in [0.05, 0.1) is 25.3 Å². The first kappa shape index (κ1) is 17.7. The molecule has 4 N–H and O–H groups in total. The van der Waals surface area contributed by atoms with Gasteiger partial charge in [-0.05, 0) is 24.3 Å². The van der Waals surface area contributed by atoms with Crippen LogP contribution in [-0.2, 0) is 4.74 Å². The summed E-state index contributed by atoms with van der Waals surface area (Å²) in [5.74, 6) is -5.07. The van der Waals surface area contributed by atoms with E-state index in [1.54, 1.807) is 0 Å². The minimum Gasteiger partial charge on any atom is -0.504 e. The van der Waals surface area contributed by atoms with E-state index >= 15 is 0 Å². The van der Waals surface area contributed by atoms with Gasteiger partial charge in [-0.2, -0.15) is 0 Å². The molecule has 0 heterocycles. The maximum atomic E-state index is 12.1. The molecule has 2 rings (SSSR count). The van der Waals surface area contributed by atoms with Crippen LogP contribution < -0.4 is 9.47 Å². The minimum absolute atomic E-state index is 0.0707.